The largest absolute Gasteiger partial charge is 0.482 e. The van der Waals surface area contributed by atoms with E-state index < -0.39 is 0 Å². The molecule has 74 valence electrons. The SMILES string of the molecule is CCCc1ncc2cccc(OC)n12. The molecule has 0 radical (unpaired) electrons. The van der Waals surface area contributed by atoms with Crippen LogP contribution in [0.25, 0.3) is 5.52 Å². The van der Waals surface area contributed by atoms with E-state index in [1.807, 2.05) is 24.4 Å². The molecule has 0 aliphatic heterocycles. The van der Waals surface area contributed by atoms with E-state index in [-0.39, 0.29) is 0 Å². The zero-order valence-electron chi connectivity index (χ0n) is 8.53. The topological polar surface area (TPSA) is 26.5 Å². The van der Waals surface area contributed by atoms with Crippen LogP contribution in [0, 0.1) is 0 Å². The molecule has 14 heavy (non-hydrogen) atoms. The van der Waals surface area contributed by atoms with Crippen molar-refractivity contribution in [1.29, 1.82) is 0 Å². The van der Waals surface area contributed by atoms with Crippen LogP contribution in [0.1, 0.15) is 19.2 Å². The molecule has 0 bridgehead atoms. The fraction of sp³-hybridized carbons (Fsp3) is 0.364. The van der Waals surface area contributed by atoms with E-state index in [0.717, 1.165) is 30.1 Å². The van der Waals surface area contributed by atoms with Crippen LogP contribution in [0.5, 0.6) is 5.88 Å². The number of aromatic nitrogens is 2. The molecule has 0 N–H and O–H groups in total. The van der Waals surface area contributed by atoms with Crippen LogP contribution < -0.4 is 4.74 Å². The average Bonchev–Trinajstić information content (AvgIpc) is 2.62. The first-order valence-electron chi connectivity index (χ1n) is 4.86. The normalized spacial score (nSPS) is 10.7. The van der Waals surface area contributed by atoms with E-state index in [9.17, 15) is 0 Å². The summed E-state index contributed by atoms with van der Waals surface area (Å²) in [7, 11) is 1.69. The van der Waals surface area contributed by atoms with Crippen LogP contribution in [0.2, 0.25) is 0 Å². The van der Waals surface area contributed by atoms with Crippen molar-refractivity contribution < 1.29 is 4.74 Å². The lowest BCUT2D eigenvalue weighted by molar-refractivity contribution is 0.390. The Morgan fingerprint density at radius 1 is 1.43 bits per heavy atom. The molecule has 0 fully saturated rings. The van der Waals surface area contributed by atoms with E-state index >= 15 is 0 Å². The zero-order chi connectivity index (χ0) is 9.97. The summed E-state index contributed by atoms with van der Waals surface area (Å²) in [6, 6.07) is 5.97. The second kappa shape index (κ2) is 3.70. The maximum Gasteiger partial charge on any atom is 0.199 e. The molecule has 2 aromatic rings. The molecule has 2 rings (SSSR count). The Hall–Kier alpha value is -1.51. The summed E-state index contributed by atoms with van der Waals surface area (Å²) in [5.74, 6) is 1.92. The Balaban J connectivity index is 2.62. The summed E-state index contributed by atoms with van der Waals surface area (Å²) >= 11 is 0. The van der Waals surface area contributed by atoms with E-state index in [0.29, 0.717) is 0 Å². The van der Waals surface area contributed by atoms with E-state index in [4.69, 9.17) is 4.74 Å². The molecule has 0 unspecified atom stereocenters. The molecule has 0 saturated carbocycles. The number of nitrogens with zero attached hydrogens (tertiary/aromatic N) is 2. The molecular formula is C11H14N2O. The van der Waals surface area contributed by atoms with Gasteiger partial charge < -0.3 is 4.74 Å². The summed E-state index contributed by atoms with van der Waals surface area (Å²) in [6.07, 6.45) is 3.96. The maximum atomic E-state index is 5.30. The molecule has 2 aromatic heterocycles. The van der Waals surface area contributed by atoms with Crippen molar-refractivity contribution in [2.75, 3.05) is 7.11 Å². The first-order valence-corrected chi connectivity index (χ1v) is 4.86. The highest BCUT2D eigenvalue weighted by Gasteiger charge is 2.06. The van der Waals surface area contributed by atoms with Gasteiger partial charge in [-0.1, -0.05) is 13.0 Å². The number of aryl methyl sites for hydroxylation is 1. The van der Waals surface area contributed by atoms with Crippen molar-refractivity contribution in [2.45, 2.75) is 19.8 Å². The summed E-state index contributed by atoms with van der Waals surface area (Å²) < 4.78 is 7.35. The number of imidazole rings is 1. The summed E-state index contributed by atoms with van der Waals surface area (Å²) in [5, 5.41) is 0. The van der Waals surface area contributed by atoms with Gasteiger partial charge in [0.1, 0.15) is 5.82 Å². The van der Waals surface area contributed by atoms with Gasteiger partial charge in [0.25, 0.3) is 0 Å². The molecule has 0 atom stereocenters. The van der Waals surface area contributed by atoms with Crippen LogP contribution in [0.3, 0.4) is 0 Å². The minimum Gasteiger partial charge on any atom is -0.482 e. The van der Waals surface area contributed by atoms with Gasteiger partial charge in [0.2, 0.25) is 0 Å². The van der Waals surface area contributed by atoms with Crippen LogP contribution >= 0.6 is 0 Å². The highest BCUT2D eigenvalue weighted by molar-refractivity contribution is 5.49. The Morgan fingerprint density at radius 2 is 2.29 bits per heavy atom. The predicted molar refractivity (Wildman–Crippen MR) is 55.7 cm³/mol. The smallest absolute Gasteiger partial charge is 0.199 e. The molecule has 0 aromatic carbocycles. The second-order valence-corrected chi connectivity index (χ2v) is 3.25. The number of hydrogen-bond acceptors (Lipinski definition) is 2. The lowest BCUT2D eigenvalue weighted by Crippen LogP contribution is -1.98. The Labute approximate surface area is 83.3 Å². The summed E-state index contributed by atoms with van der Waals surface area (Å²) in [6.45, 7) is 2.15. The van der Waals surface area contributed by atoms with Crippen molar-refractivity contribution in [3.8, 4) is 5.88 Å². The van der Waals surface area contributed by atoms with E-state index in [1.165, 1.54) is 0 Å². The van der Waals surface area contributed by atoms with Crippen molar-refractivity contribution in [3.63, 3.8) is 0 Å². The van der Waals surface area contributed by atoms with Crippen molar-refractivity contribution in [3.05, 3.63) is 30.2 Å². The number of fused-ring (bicyclic) bond motifs is 1. The quantitative estimate of drug-likeness (QED) is 0.742. The van der Waals surface area contributed by atoms with Gasteiger partial charge >= 0.3 is 0 Å². The summed E-state index contributed by atoms with van der Waals surface area (Å²) in [4.78, 5) is 4.38. The number of pyridine rings is 1. The lowest BCUT2D eigenvalue weighted by Gasteiger charge is -2.06. The van der Waals surface area contributed by atoms with Crippen LogP contribution in [-0.2, 0) is 6.42 Å². The molecule has 0 aliphatic carbocycles. The fourth-order valence-electron chi connectivity index (χ4n) is 1.64. The Kier molecular flexibility index (Phi) is 2.39. The highest BCUT2D eigenvalue weighted by Crippen LogP contribution is 2.17. The molecule has 3 heteroatoms. The van der Waals surface area contributed by atoms with Gasteiger partial charge in [0.15, 0.2) is 5.88 Å². The second-order valence-electron chi connectivity index (χ2n) is 3.25. The first-order chi connectivity index (χ1) is 6.86. The molecule has 0 spiro atoms. The van der Waals surface area contributed by atoms with Crippen LogP contribution in [0.4, 0.5) is 0 Å². The van der Waals surface area contributed by atoms with Gasteiger partial charge in [-0.2, -0.15) is 0 Å². The minimum atomic E-state index is 0.850. The van der Waals surface area contributed by atoms with E-state index in [1.54, 1.807) is 7.11 Å². The zero-order valence-corrected chi connectivity index (χ0v) is 8.53. The maximum absolute atomic E-state index is 5.30. The number of ether oxygens (including phenoxy) is 1. The number of hydrogen-bond donors (Lipinski definition) is 0. The van der Waals surface area contributed by atoms with Gasteiger partial charge in [-0.05, 0) is 18.6 Å². The number of methoxy groups -OCH3 is 1. The van der Waals surface area contributed by atoms with Crippen molar-refractivity contribution in [1.82, 2.24) is 9.38 Å². The molecule has 3 nitrogen and oxygen atoms in total. The van der Waals surface area contributed by atoms with Gasteiger partial charge in [0, 0.05) is 6.42 Å². The summed E-state index contributed by atoms with van der Waals surface area (Å²) in [5.41, 5.74) is 1.09. The minimum absolute atomic E-state index is 0.850. The van der Waals surface area contributed by atoms with Gasteiger partial charge in [0.05, 0.1) is 18.8 Å². The Morgan fingerprint density at radius 3 is 3.00 bits per heavy atom. The third kappa shape index (κ3) is 1.35. The Bertz CT molecular complexity index is 434. The van der Waals surface area contributed by atoms with Gasteiger partial charge in [-0.3, -0.25) is 4.40 Å². The fourth-order valence-corrected chi connectivity index (χ4v) is 1.64. The van der Waals surface area contributed by atoms with Gasteiger partial charge in [-0.25, -0.2) is 4.98 Å². The first kappa shape index (κ1) is 9.06. The van der Waals surface area contributed by atoms with E-state index in [2.05, 4.69) is 16.3 Å². The lowest BCUT2D eigenvalue weighted by atomic mass is 10.3. The monoisotopic (exact) mass is 190 g/mol. The molecular weight excluding hydrogens is 176 g/mol. The van der Waals surface area contributed by atoms with Crippen molar-refractivity contribution in [2.24, 2.45) is 0 Å². The van der Waals surface area contributed by atoms with Crippen LogP contribution in [-0.4, -0.2) is 16.5 Å². The third-order valence-electron chi connectivity index (χ3n) is 2.27. The number of rotatable bonds is 3. The van der Waals surface area contributed by atoms with Gasteiger partial charge in [-0.15, -0.1) is 0 Å². The highest BCUT2D eigenvalue weighted by atomic mass is 16.5. The predicted octanol–water partition coefficient (Wildman–Crippen LogP) is 2.30. The van der Waals surface area contributed by atoms with Crippen LogP contribution in [0.15, 0.2) is 24.4 Å². The van der Waals surface area contributed by atoms with Crippen molar-refractivity contribution >= 4 is 5.52 Å². The average molecular weight is 190 g/mol. The standard InChI is InChI=1S/C11H14N2O/c1-3-5-10-12-8-9-6-4-7-11(14-2)13(9)10/h4,6-8H,3,5H2,1-2H3. The third-order valence-corrected chi connectivity index (χ3v) is 2.27. The molecule has 2 heterocycles. The molecule has 0 saturated heterocycles. The molecule has 0 aliphatic rings. The molecule has 0 amide bonds.